The number of amides is 3. The number of hydrogen-bond donors (Lipinski definition) is 2. The predicted octanol–water partition coefficient (Wildman–Crippen LogP) is -1.23. The van der Waals surface area contributed by atoms with Gasteiger partial charge in [-0.3, -0.25) is 14.4 Å². The zero-order valence-corrected chi connectivity index (χ0v) is 12.6. The molecule has 0 aliphatic carbocycles. The van der Waals surface area contributed by atoms with E-state index in [1.54, 1.807) is 4.90 Å². The highest BCUT2D eigenvalue weighted by atomic mass is 16.5. The Morgan fingerprint density at radius 1 is 1.45 bits per heavy atom. The molecule has 2 heterocycles. The Kier molecular flexibility index (Phi) is 6.14. The summed E-state index contributed by atoms with van der Waals surface area (Å²) in [6, 6.07) is -0.296. The van der Waals surface area contributed by atoms with Gasteiger partial charge in [-0.2, -0.15) is 0 Å². The Labute approximate surface area is 129 Å². The molecule has 8 nitrogen and oxygen atoms in total. The molecule has 8 heteroatoms. The number of nitrogens with two attached hydrogens (primary N) is 1. The van der Waals surface area contributed by atoms with Gasteiger partial charge in [-0.1, -0.05) is 0 Å². The maximum absolute atomic E-state index is 12.0. The SMILES string of the molecule is NC(=O)CO[C@H]1CCOC[C@H]1NC(=O)CCN1CCCC1=O. The molecule has 2 fully saturated rings. The second kappa shape index (κ2) is 8.09. The minimum Gasteiger partial charge on any atom is -0.379 e. The average molecular weight is 313 g/mol. The van der Waals surface area contributed by atoms with Gasteiger partial charge in [0.25, 0.3) is 0 Å². The fourth-order valence-corrected chi connectivity index (χ4v) is 2.70. The molecule has 3 amide bonds. The third-order valence-corrected chi connectivity index (χ3v) is 3.86. The molecule has 0 spiro atoms. The third-order valence-electron chi connectivity index (χ3n) is 3.86. The van der Waals surface area contributed by atoms with Crippen molar-refractivity contribution in [3.8, 4) is 0 Å². The van der Waals surface area contributed by atoms with Crippen LogP contribution < -0.4 is 11.1 Å². The maximum Gasteiger partial charge on any atom is 0.243 e. The quantitative estimate of drug-likeness (QED) is 0.612. The van der Waals surface area contributed by atoms with E-state index >= 15 is 0 Å². The summed E-state index contributed by atoms with van der Waals surface area (Å²) in [6.45, 7) is 1.86. The number of ether oxygens (including phenoxy) is 2. The van der Waals surface area contributed by atoms with E-state index in [0.29, 0.717) is 32.6 Å². The molecular weight excluding hydrogens is 290 g/mol. The van der Waals surface area contributed by atoms with Crippen LogP contribution in [0.25, 0.3) is 0 Å². The van der Waals surface area contributed by atoms with Crippen LogP contribution in [0.5, 0.6) is 0 Å². The number of carbonyl (C=O) groups excluding carboxylic acids is 3. The average Bonchev–Trinajstić information content (AvgIpc) is 2.89. The second-order valence-electron chi connectivity index (χ2n) is 5.59. The van der Waals surface area contributed by atoms with E-state index < -0.39 is 5.91 Å². The molecule has 2 aliphatic heterocycles. The topological polar surface area (TPSA) is 111 Å². The fraction of sp³-hybridized carbons (Fsp3) is 0.786. The third kappa shape index (κ3) is 4.96. The maximum atomic E-state index is 12.0. The van der Waals surface area contributed by atoms with Crippen molar-refractivity contribution >= 4 is 17.7 Å². The van der Waals surface area contributed by atoms with E-state index in [2.05, 4.69) is 5.32 Å². The second-order valence-corrected chi connectivity index (χ2v) is 5.59. The monoisotopic (exact) mass is 313 g/mol. The smallest absolute Gasteiger partial charge is 0.243 e. The summed E-state index contributed by atoms with van der Waals surface area (Å²) in [5.74, 6) is -0.580. The first-order chi connectivity index (χ1) is 10.6. The summed E-state index contributed by atoms with van der Waals surface area (Å²) < 4.78 is 10.8. The summed E-state index contributed by atoms with van der Waals surface area (Å²) in [7, 11) is 0. The number of primary amides is 1. The molecular formula is C14H23N3O5. The molecule has 0 bridgehead atoms. The Hall–Kier alpha value is -1.67. The van der Waals surface area contributed by atoms with Crippen molar-refractivity contribution in [3.63, 3.8) is 0 Å². The number of nitrogens with zero attached hydrogens (tertiary/aromatic N) is 1. The summed E-state index contributed by atoms with van der Waals surface area (Å²) in [5.41, 5.74) is 5.07. The van der Waals surface area contributed by atoms with E-state index in [9.17, 15) is 14.4 Å². The van der Waals surface area contributed by atoms with Crippen LogP contribution >= 0.6 is 0 Å². The summed E-state index contributed by atoms with van der Waals surface area (Å²) in [4.78, 5) is 36.0. The highest BCUT2D eigenvalue weighted by Gasteiger charge is 2.28. The van der Waals surface area contributed by atoms with Gasteiger partial charge in [0, 0.05) is 32.5 Å². The molecule has 0 aromatic carbocycles. The summed E-state index contributed by atoms with van der Waals surface area (Å²) in [5, 5.41) is 2.85. The summed E-state index contributed by atoms with van der Waals surface area (Å²) in [6.07, 6.45) is 2.01. The number of nitrogens with one attached hydrogen (secondary N) is 1. The van der Waals surface area contributed by atoms with Gasteiger partial charge >= 0.3 is 0 Å². The van der Waals surface area contributed by atoms with Crippen molar-refractivity contribution in [2.45, 2.75) is 37.8 Å². The molecule has 0 saturated carbocycles. The lowest BCUT2D eigenvalue weighted by Gasteiger charge is -2.32. The molecule has 124 valence electrons. The molecule has 3 N–H and O–H groups in total. The van der Waals surface area contributed by atoms with Crippen LogP contribution in [0, 0.1) is 0 Å². The molecule has 2 saturated heterocycles. The van der Waals surface area contributed by atoms with Crippen LogP contribution in [0.2, 0.25) is 0 Å². The molecule has 0 aromatic heterocycles. The number of carbonyl (C=O) groups is 3. The van der Waals surface area contributed by atoms with Gasteiger partial charge in [0.1, 0.15) is 6.61 Å². The van der Waals surface area contributed by atoms with Gasteiger partial charge < -0.3 is 25.4 Å². The van der Waals surface area contributed by atoms with Crippen LogP contribution in [0.3, 0.4) is 0 Å². The first-order valence-electron chi connectivity index (χ1n) is 7.61. The van der Waals surface area contributed by atoms with E-state index in [-0.39, 0.29) is 37.0 Å². The van der Waals surface area contributed by atoms with E-state index in [4.69, 9.17) is 15.2 Å². The van der Waals surface area contributed by atoms with Crippen molar-refractivity contribution < 1.29 is 23.9 Å². The minimum absolute atomic E-state index is 0.108. The Balaban J connectivity index is 1.75. The van der Waals surface area contributed by atoms with Gasteiger partial charge in [-0.15, -0.1) is 0 Å². The molecule has 2 aliphatic rings. The number of hydrogen-bond acceptors (Lipinski definition) is 5. The molecule has 0 aromatic rings. The zero-order valence-electron chi connectivity index (χ0n) is 12.6. The lowest BCUT2D eigenvalue weighted by Crippen LogP contribution is -2.51. The van der Waals surface area contributed by atoms with Gasteiger partial charge in [0.05, 0.1) is 18.8 Å². The first-order valence-corrected chi connectivity index (χ1v) is 7.61. The molecule has 0 radical (unpaired) electrons. The molecule has 22 heavy (non-hydrogen) atoms. The Morgan fingerprint density at radius 3 is 2.95 bits per heavy atom. The largest absolute Gasteiger partial charge is 0.379 e. The number of likely N-dealkylation sites (tertiary alicyclic amines) is 1. The Bertz CT molecular complexity index is 429. The van der Waals surface area contributed by atoms with Crippen molar-refractivity contribution in [1.29, 1.82) is 0 Å². The van der Waals surface area contributed by atoms with Gasteiger partial charge in [-0.05, 0) is 12.8 Å². The van der Waals surface area contributed by atoms with Crippen LogP contribution in [-0.2, 0) is 23.9 Å². The van der Waals surface area contributed by atoms with Crippen LogP contribution in [0.1, 0.15) is 25.7 Å². The van der Waals surface area contributed by atoms with E-state index in [1.165, 1.54) is 0 Å². The van der Waals surface area contributed by atoms with Crippen molar-refractivity contribution in [1.82, 2.24) is 10.2 Å². The van der Waals surface area contributed by atoms with Gasteiger partial charge in [0.15, 0.2) is 0 Å². The van der Waals surface area contributed by atoms with E-state index in [1.807, 2.05) is 0 Å². The molecule has 2 rings (SSSR count). The van der Waals surface area contributed by atoms with Crippen LogP contribution in [-0.4, -0.2) is 67.7 Å². The highest BCUT2D eigenvalue weighted by molar-refractivity contribution is 5.80. The zero-order chi connectivity index (χ0) is 15.9. The lowest BCUT2D eigenvalue weighted by molar-refractivity contribution is -0.131. The first kappa shape index (κ1) is 16.7. The van der Waals surface area contributed by atoms with Gasteiger partial charge in [0.2, 0.25) is 17.7 Å². The Morgan fingerprint density at radius 2 is 2.27 bits per heavy atom. The standard InChI is InChI=1S/C14H23N3O5/c15-12(18)9-22-11-4-7-21-8-10(11)16-13(19)3-6-17-5-1-2-14(17)20/h10-11H,1-9H2,(H2,15,18)(H,16,19)/t10-,11+/m1/s1. The van der Waals surface area contributed by atoms with Crippen LogP contribution in [0.4, 0.5) is 0 Å². The summed E-state index contributed by atoms with van der Waals surface area (Å²) >= 11 is 0. The number of rotatable bonds is 7. The normalized spacial score (nSPS) is 25.3. The fourth-order valence-electron chi connectivity index (χ4n) is 2.70. The highest BCUT2D eigenvalue weighted by Crippen LogP contribution is 2.13. The lowest BCUT2D eigenvalue weighted by atomic mass is 10.1. The molecule has 2 atom stereocenters. The van der Waals surface area contributed by atoms with Crippen molar-refractivity contribution in [2.75, 3.05) is 32.9 Å². The van der Waals surface area contributed by atoms with Crippen molar-refractivity contribution in [2.24, 2.45) is 5.73 Å². The molecule has 0 unspecified atom stereocenters. The predicted molar refractivity (Wildman–Crippen MR) is 76.7 cm³/mol. The van der Waals surface area contributed by atoms with Crippen molar-refractivity contribution in [3.05, 3.63) is 0 Å². The van der Waals surface area contributed by atoms with Crippen LogP contribution in [0.15, 0.2) is 0 Å². The van der Waals surface area contributed by atoms with Gasteiger partial charge in [-0.25, -0.2) is 0 Å². The van der Waals surface area contributed by atoms with E-state index in [0.717, 1.165) is 13.0 Å². The minimum atomic E-state index is -0.538.